The van der Waals surface area contributed by atoms with E-state index in [-0.39, 0.29) is 11.7 Å². The van der Waals surface area contributed by atoms with Gasteiger partial charge in [-0.25, -0.2) is 0 Å². The maximum atomic E-state index is 11.9. The van der Waals surface area contributed by atoms with Crippen LogP contribution in [0.4, 0.5) is 5.88 Å². The van der Waals surface area contributed by atoms with Gasteiger partial charge >= 0.3 is 0 Å². The van der Waals surface area contributed by atoms with Gasteiger partial charge in [0.25, 0.3) is 0 Å². The van der Waals surface area contributed by atoms with Crippen LogP contribution < -0.4 is 5.32 Å². The molecule has 120 valence electrons. The summed E-state index contributed by atoms with van der Waals surface area (Å²) in [7, 11) is 0. The van der Waals surface area contributed by atoms with Crippen molar-refractivity contribution in [3.8, 4) is 11.6 Å². The van der Waals surface area contributed by atoms with Crippen LogP contribution in [0, 0.1) is 6.92 Å². The first-order valence-electron chi connectivity index (χ1n) is 7.00. The summed E-state index contributed by atoms with van der Waals surface area (Å²) >= 11 is 1.30. The van der Waals surface area contributed by atoms with E-state index in [0.717, 1.165) is 0 Å². The van der Waals surface area contributed by atoms with Crippen molar-refractivity contribution in [2.75, 3.05) is 11.1 Å². The topological polar surface area (TPSA) is 99.0 Å². The number of hydrogen-bond donors (Lipinski definition) is 1. The maximum absolute atomic E-state index is 11.9. The molecule has 0 bridgehead atoms. The van der Waals surface area contributed by atoms with Gasteiger partial charge in [0.15, 0.2) is 16.7 Å². The lowest BCUT2D eigenvalue weighted by Crippen LogP contribution is -2.14. The summed E-state index contributed by atoms with van der Waals surface area (Å²) in [5, 5.41) is 15.3. The molecule has 0 atom stereocenters. The van der Waals surface area contributed by atoms with Crippen LogP contribution in [0.3, 0.4) is 0 Å². The number of nitrogens with zero attached hydrogens (tertiary/aromatic N) is 4. The van der Waals surface area contributed by atoms with Crippen molar-refractivity contribution in [3.63, 3.8) is 0 Å². The molecule has 3 heterocycles. The predicted octanol–water partition coefficient (Wildman–Crippen LogP) is 2.59. The lowest BCUT2D eigenvalue weighted by Gasteiger charge is -2.05. The Labute approximate surface area is 136 Å². The first-order valence-corrected chi connectivity index (χ1v) is 7.99. The Morgan fingerprint density at radius 2 is 2.30 bits per heavy atom. The number of rotatable bonds is 6. The van der Waals surface area contributed by atoms with E-state index in [1.54, 1.807) is 25.3 Å². The maximum Gasteiger partial charge on any atom is 0.237 e. The van der Waals surface area contributed by atoms with Crippen molar-refractivity contribution in [1.29, 1.82) is 0 Å². The van der Waals surface area contributed by atoms with Crippen LogP contribution in [0.5, 0.6) is 0 Å². The summed E-state index contributed by atoms with van der Waals surface area (Å²) in [6.45, 7) is 4.44. The molecule has 0 fully saturated rings. The Balaban J connectivity index is 1.65. The molecule has 0 saturated carbocycles. The number of carbonyl (C=O) groups excluding carboxylic acids is 1. The minimum atomic E-state index is -0.198. The minimum absolute atomic E-state index is 0.191. The SMILES string of the molecule is CCn1c(SCC(=O)Nc2cc(C)no2)nnc1-c1ccco1. The van der Waals surface area contributed by atoms with Gasteiger partial charge in [-0.05, 0) is 26.0 Å². The molecule has 3 rings (SSSR count). The van der Waals surface area contributed by atoms with Gasteiger partial charge in [0, 0.05) is 12.6 Å². The number of carbonyl (C=O) groups is 1. The van der Waals surface area contributed by atoms with Crippen LogP contribution >= 0.6 is 11.8 Å². The Kier molecular flexibility index (Phi) is 4.47. The summed E-state index contributed by atoms with van der Waals surface area (Å²) in [4.78, 5) is 11.9. The number of amides is 1. The average molecular weight is 333 g/mol. The molecule has 0 aromatic carbocycles. The van der Waals surface area contributed by atoms with Crippen LogP contribution in [0.2, 0.25) is 0 Å². The normalized spacial score (nSPS) is 10.9. The molecular formula is C14H15N5O3S. The third-order valence-electron chi connectivity index (χ3n) is 3.00. The molecule has 0 unspecified atom stereocenters. The number of furan rings is 1. The third kappa shape index (κ3) is 3.45. The molecule has 1 amide bonds. The van der Waals surface area contributed by atoms with Gasteiger partial charge in [0.1, 0.15) is 0 Å². The lowest BCUT2D eigenvalue weighted by molar-refractivity contribution is -0.113. The van der Waals surface area contributed by atoms with Gasteiger partial charge in [0.05, 0.1) is 17.7 Å². The van der Waals surface area contributed by atoms with Crippen LogP contribution in [0.1, 0.15) is 12.6 Å². The smallest absolute Gasteiger partial charge is 0.237 e. The first-order chi connectivity index (χ1) is 11.2. The third-order valence-corrected chi connectivity index (χ3v) is 3.96. The monoisotopic (exact) mass is 333 g/mol. The number of aromatic nitrogens is 4. The predicted molar refractivity (Wildman–Crippen MR) is 84.0 cm³/mol. The highest BCUT2D eigenvalue weighted by atomic mass is 32.2. The largest absolute Gasteiger partial charge is 0.461 e. The fraction of sp³-hybridized carbons (Fsp3) is 0.286. The van der Waals surface area contributed by atoms with Gasteiger partial charge in [-0.1, -0.05) is 16.9 Å². The molecule has 9 heteroatoms. The molecule has 3 aromatic rings. The highest BCUT2D eigenvalue weighted by Crippen LogP contribution is 2.24. The highest BCUT2D eigenvalue weighted by molar-refractivity contribution is 7.99. The molecule has 0 aliphatic heterocycles. The van der Waals surface area contributed by atoms with Crippen LogP contribution in [-0.4, -0.2) is 31.6 Å². The van der Waals surface area contributed by atoms with E-state index in [1.165, 1.54) is 11.8 Å². The van der Waals surface area contributed by atoms with Crippen molar-refractivity contribution < 1.29 is 13.7 Å². The zero-order valence-electron chi connectivity index (χ0n) is 12.6. The molecule has 0 radical (unpaired) electrons. The molecule has 0 aliphatic carbocycles. The molecule has 0 spiro atoms. The standard InChI is InChI=1S/C14H15N5O3S/c1-3-19-13(10-5-4-6-21-10)16-17-14(19)23-8-11(20)15-12-7-9(2)18-22-12/h4-7H,3,8H2,1-2H3,(H,15,20). The summed E-state index contributed by atoms with van der Waals surface area (Å²) in [5.74, 6) is 1.62. The average Bonchev–Trinajstić information content (AvgIpc) is 3.24. The number of aryl methyl sites for hydroxylation is 1. The van der Waals surface area contributed by atoms with E-state index < -0.39 is 0 Å². The lowest BCUT2D eigenvalue weighted by atomic mass is 10.4. The molecular weight excluding hydrogens is 318 g/mol. The van der Waals surface area contributed by atoms with E-state index in [1.807, 2.05) is 17.6 Å². The van der Waals surface area contributed by atoms with Gasteiger partial charge in [-0.3, -0.25) is 14.7 Å². The molecule has 23 heavy (non-hydrogen) atoms. The Morgan fingerprint density at radius 1 is 1.43 bits per heavy atom. The van der Waals surface area contributed by atoms with Crippen molar-refractivity contribution in [3.05, 3.63) is 30.2 Å². The second kappa shape index (κ2) is 6.69. The number of thioether (sulfide) groups is 1. The zero-order valence-corrected chi connectivity index (χ0v) is 13.5. The van der Waals surface area contributed by atoms with Gasteiger partial charge in [0.2, 0.25) is 11.8 Å². The van der Waals surface area contributed by atoms with Crippen molar-refractivity contribution in [2.45, 2.75) is 25.5 Å². The van der Waals surface area contributed by atoms with E-state index in [0.29, 0.717) is 34.9 Å². The summed E-state index contributed by atoms with van der Waals surface area (Å²) in [6, 6.07) is 5.28. The zero-order chi connectivity index (χ0) is 16.2. The van der Waals surface area contributed by atoms with E-state index >= 15 is 0 Å². The van der Waals surface area contributed by atoms with E-state index in [9.17, 15) is 4.79 Å². The first kappa shape index (κ1) is 15.3. The fourth-order valence-corrected chi connectivity index (χ4v) is 2.80. The molecule has 0 aliphatic rings. The second-order valence-electron chi connectivity index (χ2n) is 4.70. The van der Waals surface area contributed by atoms with Crippen LogP contribution in [0.25, 0.3) is 11.6 Å². The fourth-order valence-electron chi connectivity index (χ4n) is 1.99. The minimum Gasteiger partial charge on any atom is -0.461 e. The highest BCUT2D eigenvalue weighted by Gasteiger charge is 2.16. The van der Waals surface area contributed by atoms with Crippen LogP contribution in [0.15, 0.2) is 38.6 Å². The van der Waals surface area contributed by atoms with Crippen molar-refractivity contribution in [2.24, 2.45) is 0 Å². The Hall–Kier alpha value is -2.55. The van der Waals surface area contributed by atoms with E-state index in [4.69, 9.17) is 8.94 Å². The quantitative estimate of drug-likeness (QED) is 0.692. The second-order valence-corrected chi connectivity index (χ2v) is 5.64. The molecule has 8 nitrogen and oxygen atoms in total. The van der Waals surface area contributed by atoms with Gasteiger partial charge in [-0.2, -0.15) is 0 Å². The Morgan fingerprint density at radius 3 is 2.96 bits per heavy atom. The number of nitrogens with one attached hydrogen (secondary N) is 1. The summed E-state index contributed by atoms with van der Waals surface area (Å²) in [5.41, 5.74) is 0.710. The molecule has 0 saturated heterocycles. The molecule has 3 aromatic heterocycles. The number of anilines is 1. The summed E-state index contributed by atoms with van der Waals surface area (Å²) in [6.07, 6.45) is 1.59. The molecule has 1 N–H and O–H groups in total. The van der Waals surface area contributed by atoms with Crippen molar-refractivity contribution >= 4 is 23.6 Å². The summed E-state index contributed by atoms with van der Waals surface area (Å²) < 4.78 is 12.2. The van der Waals surface area contributed by atoms with Crippen molar-refractivity contribution in [1.82, 2.24) is 19.9 Å². The van der Waals surface area contributed by atoms with Gasteiger partial charge in [-0.15, -0.1) is 10.2 Å². The van der Waals surface area contributed by atoms with E-state index in [2.05, 4.69) is 20.7 Å². The Bertz CT molecular complexity index is 793. The number of hydrogen-bond acceptors (Lipinski definition) is 7. The van der Waals surface area contributed by atoms with Crippen LogP contribution in [-0.2, 0) is 11.3 Å². The van der Waals surface area contributed by atoms with Gasteiger partial charge < -0.3 is 8.94 Å².